The lowest BCUT2D eigenvalue weighted by Gasteiger charge is -2.40. The molecule has 0 radical (unpaired) electrons. The molecule has 0 aromatic rings. The molecule has 9 heteroatoms. The van der Waals surface area contributed by atoms with E-state index in [4.69, 9.17) is 9.47 Å². The fourth-order valence-corrected chi connectivity index (χ4v) is 8.10. The number of unbranched alkanes of at least 4 members (excludes halogenated alkanes) is 30. The zero-order chi connectivity index (χ0) is 42.3. The molecule has 1 fully saturated rings. The van der Waals surface area contributed by atoms with Gasteiger partial charge in [-0.1, -0.05) is 206 Å². The molecule has 9 nitrogen and oxygen atoms in total. The van der Waals surface area contributed by atoms with Crippen LogP contribution in [-0.2, 0) is 14.3 Å². The number of amides is 1. The molecule has 0 aromatic heterocycles. The van der Waals surface area contributed by atoms with Crippen molar-refractivity contribution in [1.82, 2.24) is 5.32 Å². The van der Waals surface area contributed by atoms with Crippen molar-refractivity contribution in [2.24, 2.45) is 0 Å². The van der Waals surface area contributed by atoms with Crippen molar-refractivity contribution in [1.29, 1.82) is 0 Å². The van der Waals surface area contributed by atoms with Crippen molar-refractivity contribution in [2.75, 3.05) is 13.2 Å². The summed E-state index contributed by atoms with van der Waals surface area (Å²) in [5.41, 5.74) is 0. The van der Waals surface area contributed by atoms with Crippen molar-refractivity contribution in [3.63, 3.8) is 0 Å². The average molecular weight is 826 g/mol. The molecule has 1 amide bonds. The lowest BCUT2D eigenvalue weighted by Crippen LogP contribution is -2.60. The van der Waals surface area contributed by atoms with Gasteiger partial charge in [-0.05, 0) is 38.5 Å². The minimum Gasteiger partial charge on any atom is -0.394 e. The van der Waals surface area contributed by atoms with Gasteiger partial charge in [0, 0.05) is 6.42 Å². The van der Waals surface area contributed by atoms with E-state index in [9.17, 15) is 30.3 Å². The predicted molar refractivity (Wildman–Crippen MR) is 240 cm³/mol. The number of allylic oxidation sites excluding steroid dienone is 2. The normalized spacial score (nSPS) is 20.8. The van der Waals surface area contributed by atoms with Gasteiger partial charge in [0.1, 0.15) is 24.4 Å². The molecule has 0 aromatic carbocycles. The summed E-state index contributed by atoms with van der Waals surface area (Å²) >= 11 is 0. The van der Waals surface area contributed by atoms with E-state index in [2.05, 4.69) is 31.3 Å². The monoisotopic (exact) mass is 826 g/mol. The summed E-state index contributed by atoms with van der Waals surface area (Å²) in [6.45, 7) is 3.84. The quantitative estimate of drug-likeness (QED) is 0.0263. The summed E-state index contributed by atoms with van der Waals surface area (Å²) < 4.78 is 11.3. The third-order valence-electron chi connectivity index (χ3n) is 12.1. The third kappa shape index (κ3) is 30.0. The summed E-state index contributed by atoms with van der Waals surface area (Å²) in [4.78, 5) is 13.0. The molecular formula is C49H95NO8. The molecule has 1 rings (SSSR count). The van der Waals surface area contributed by atoms with Crippen molar-refractivity contribution in [3.05, 3.63) is 12.2 Å². The lowest BCUT2D eigenvalue weighted by atomic mass is 9.99. The average Bonchev–Trinajstić information content (AvgIpc) is 3.22. The van der Waals surface area contributed by atoms with Crippen LogP contribution in [0, 0.1) is 0 Å². The van der Waals surface area contributed by atoms with Gasteiger partial charge in [0.25, 0.3) is 0 Å². The van der Waals surface area contributed by atoms with Crippen LogP contribution in [0.1, 0.15) is 239 Å². The molecule has 0 spiro atoms. The van der Waals surface area contributed by atoms with Gasteiger partial charge < -0.3 is 40.3 Å². The Bertz CT molecular complexity index is 919. The molecule has 1 saturated heterocycles. The van der Waals surface area contributed by atoms with E-state index in [0.717, 1.165) is 38.5 Å². The van der Waals surface area contributed by atoms with E-state index in [1.54, 1.807) is 0 Å². The molecule has 6 N–H and O–H groups in total. The Kier molecular flexibility index (Phi) is 37.9. The first-order valence-corrected chi connectivity index (χ1v) is 24.9. The molecular weight excluding hydrogens is 731 g/mol. The molecule has 344 valence electrons. The third-order valence-corrected chi connectivity index (χ3v) is 12.1. The number of hydrogen-bond donors (Lipinski definition) is 6. The molecule has 0 saturated carbocycles. The van der Waals surface area contributed by atoms with Gasteiger partial charge in [-0.15, -0.1) is 0 Å². The minimum absolute atomic E-state index is 0.136. The molecule has 7 unspecified atom stereocenters. The summed E-state index contributed by atoms with van der Waals surface area (Å²) in [5, 5.41) is 54.3. The number of rotatable bonds is 42. The van der Waals surface area contributed by atoms with Crippen molar-refractivity contribution >= 4 is 5.91 Å². The Hall–Kier alpha value is -1.07. The molecule has 0 aliphatic carbocycles. The number of aliphatic hydroxyl groups is 5. The van der Waals surface area contributed by atoms with Crippen molar-refractivity contribution in [2.45, 2.75) is 281 Å². The predicted octanol–water partition coefficient (Wildman–Crippen LogP) is 10.9. The zero-order valence-corrected chi connectivity index (χ0v) is 37.8. The van der Waals surface area contributed by atoms with Crippen LogP contribution in [0.4, 0.5) is 0 Å². The van der Waals surface area contributed by atoms with Gasteiger partial charge >= 0.3 is 0 Å². The Labute approximate surface area is 356 Å². The van der Waals surface area contributed by atoms with Crippen LogP contribution < -0.4 is 5.32 Å². The van der Waals surface area contributed by atoms with E-state index in [0.29, 0.717) is 12.8 Å². The van der Waals surface area contributed by atoms with E-state index < -0.39 is 49.5 Å². The largest absolute Gasteiger partial charge is 0.394 e. The SMILES string of the molecule is CCCCCCCCCCCCCC/C=C\CCCCCCCCCCC(=O)NC(COC1OC(CO)C(O)C(O)C1O)C(O)CCCCCCCCCCCCC. The van der Waals surface area contributed by atoms with Gasteiger partial charge in [0.15, 0.2) is 6.29 Å². The second kappa shape index (κ2) is 40.0. The maximum atomic E-state index is 13.0. The first kappa shape index (κ1) is 54.9. The van der Waals surface area contributed by atoms with Gasteiger partial charge in [0.05, 0.1) is 25.4 Å². The summed E-state index contributed by atoms with van der Waals surface area (Å²) in [7, 11) is 0. The highest BCUT2D eigenvalue weighted by Gasteiger charge is 2.44. The maximum Gasteiger partial charge on any atom is 0.220 e. The number of nitrogens with one attached hydrogen (secondary N) is 1. The molecule has 1 aliphatic heterocycles. The molecule has 1 aliphatic rings. The van der Waals surface area contributed by atoms with Crippen LogP contribution in [0.15, 0.2) is 12.2 Å². The van der Waals surface area contributed by atoms with Gasteiger partial charge in [-0.25, -0.2) is 0 Å². The van der Waals surface area contributed by atoms with Crippen LogP contribution >= 0.6 is 0 Å². The van der Waals surface area contributed by atoms with E-state index in [-0.39, 0.29) is 12.5 Å². The summed E-state index contributed by atoms with van der Waals surface area (Å²) in [5.74, 6) is -0.146. The van der Waals surface area contributed by atoms with Crippen LogP contribution in [-0.4, -0.2) is 87.5 Å². The fraction of sp³-hybridized carbons (Fsp3) is 0.939. The second-order valence-electron chi connectivity index (χ2n) is 17.6. The zero-order valence-electron chi connectivity index (χ0n) is 37.8. The molecule has 1 heterocycles. The fourth-order valence-electron chi connectivity index (χ4n) is 8.10. The van der Waals surface area contributed by atoms with E-state index >= 15 is 0 Å². The Morgan fingerprint density at radius 1 is 0.569 bits per heavy atom. The maximum absolute atomic E-state index is 13.0. The standard InChI is InChI=1S/C49H95NO8/c1-3-5-7-9-11-13-15-16-17-18-19-20-21-22-23-24-25-26-27-29-31-33-35-37-39-45(53)50-42(41-57-49-48(56)47(55)46(54)44(40-51)58-49)43(52)38-36-34-32-30-28-14-12-10-8-6-4-2/h22-23,42-44,46-49,51-52,54-56H,3-21,24-41H2,1-2H3,(H,50,53)/b23-22-. The first-order valence-electron chi connectivity index (χ1n) is 24.9. The number of aliphatic hydroxyl groups excluding tert-OH is 5. The number of hydrogen-bond acceptors (Lipinski definition) is 8. The Morgan fingerprint density at radius 2 is 0.966 bits per heavy atom. The Morgan fingerprint density at radius 3 is 1.40 bits per heavy atom. The van der Waals surface area contributed by atoms with Crippen LogP contribution in [0.2, 0.25) is 0 Å². The van der Waals surface area contributed by atoms with Crippen LogP contribution in [0.5, 0.6) is 0 Å². The highest BCUT2D eigenvalue weighted by molar-refractivity contribution is 5.76. The van der Waals surface area contributed by atoms with Crippen LogP contribution in [0.3, 0.4) is 0 Å². The topological polar surface area (TPSA) is 149 Å². The second-order valence-corrected chi connectivity index (χ2v) is 17.6. The lowest BCUT2D eigenvalue weighted by molar-refractivity contribution is -0.302. The minimum atomic E-state index is -1.55. The Balaban J connectivity index is 2.21. The smallest absolute Gasteiger partial charge is 0.220 e. The van der Waals surface area contributed by atoms with Gasteiger partial charge in [0.2, 0.25) is 5.91 Å². The molecule has 58 heavy (non-hydrogen) atoms. The highest BCUT2D eigenvalue weighted by atomic mass is 16.7. The highest BCUT2D eigenvalue weighted by Crippen LogP contribution is 2.23. The number of ether oxygens (including phenoxy) is 2. The van der Waals surface area contributed by atoms with Gasteiger partial charge in [-0.3, -0.25) is 4.79 Å². The first-order chi connectivity index (χ1) is 28.3. The number of carbonyl (C=O) groups excluding carboxylic acids is 1. The molecule has 0 bridgehead atoms. The van der Waals surface area contributed by atoms with Crippen molar-refractivity contribution < 1.29 is 39.8 Å². The number of carbonyl (C=O) groups is 1. The molecule has 7 atom stereocenters. The summed E-state index contributed by atoms with van der Waals surface area (Å²) in [6, 6.07) is -0.716. The van der Waals surface area contributed by atoms with E-state index in [1.807, 2.05) is 0 Å². The van der Waals surface area contributed by atoms with Crippen molar-refractivity contribution in [3.8, 4) is 0 Å². The van der Waals surface area contributed by atoms with Gasteiger partial charge in [-0.2, -0.15) is 0 Å². The van der Waals surface area contributed by atoms with Crippen LogP contribution in [0.25, 0.3) is 0 Å². The van der Waals surface area contributed by atoms with E-state index in [1.165, 1.54) is 173 Å². The summed E-state index contributed by atoms with van der Waals surface area (Å²) in [6.07, 6.45) is 39.5.